The van der Waals surface area contributed by atoms with Crippen molar-refractivity contribution in [3.63, 3.8) is 0 Å². The first-order chi connectivity index (χ1) is 13.9. The van der Waals surface area contributed by atoms with Gasteiger partial charge in [-0.2, -0.15) is 14.9 Å². The minimum absolute atomic E-state index is 0.122. The molecular formula is C21H22N4O3S. The molecule has 0 amide bonds. The highest BCUT2D eigenvalue weighted by Gasteiger charge is 2.08. The van der Waals surface area contributed by atoms with Crippen molar-refractivity contribution in [3.05, 3.63) is 79.5 Å². The number of aromatic amines is 1. The minimum atomic E-state index is -0.370. The maximum Gasteiger partial charge on any atom is 0.296 e. The van der Waals surface area contributed by atoms with Crippen LogP contribution in [0.4, 0.5) is 0 Å². The van der Waals surface area contributed by atoms with Gasteiger partial charge in [0.1, 0.15) is 12.3 Å². The zero-order valence-electron chi connectivity index (χ0n) is 16.7. The van der Waals surface area contributed by atoms with Crippen LogP contribution in [-0.2, 0) is 6.61 Å². The van der Waals surface area contributed by atoms with E-state index in [4.69, 9.17) is 21.7 Å². The van der Waals surface area contributed by atoms with E-state index in [1.807, 2.05) is 12.1 Å². The molecule has 0 atom stereocenters. The number of ether oxygens (including phenoxy) is 2. The third kappa shape index (κ3) is 4.78. The average Bonchev–Trinajstić information content (AvgIpc) is 2.71. The van der Waals surface area contributed by atoms with Gasteiger partial charge in [0.15, 0.2) is 11.5 Å². The fraction of sp³-hybridized carbons (Fsp3) is 0.238. The summed E-state index contributed by atoms with van der Waals surface area (Å²) in [5.74, 6) is 1.20. The molecule has 0 aliphatic heterocycles. The van der Waals surface area contributed by atoms with E-state index in [0.29, 0.717) is 18.1 Å². The third-order valence-corrected chi connectivity index (χ3v) is 4.68. The van der Waals surface area contributed by atoms with Gasteiger partial charge in [0, 0.05) is 0 Å². The largest absolute Gasteiger partial charge is 0.493 e. The lowest BCUT2D eigenvalue weighted by molar-refractivity contribution is 0.284. The molecule has 7 nitrogen and oxygen atoms in total. The highest BCUT2D eigenvalue weighted by Crippen LogP contribution is 2.28. The molecule has 1 N–H and O–H groups in total. The van der Waals surface area contributed by atoms with E-state index in [1.54, 1.807) is 20.1 Å². The van der Waals surface area contributed by atoms with Crippen molar-refractivity contribution in [3.8, 4) is 11.5 Å². The fourth-order valence-corrected chi connectivity index (χ4v) is 2.87. The Bertz CT molecular complexity index is 1180. The van der Waals surface area contributed by atoms with Gasteiger partial charge in [-0.15, -0.1) is 0 Å². The topological polar surface area (TPSA) is 81.5 Å². The molecule has 29 heavy (non-hydrogen) atoms. The molecule has 0 aliphatic carbocycles. The van der Waals surface area contributed by atoms with Crippen molar-refractivity contribution in [1.82, 2.24) is 14.9 Å². The van der Waals surface area contributed by atoms with Crippen LogP contribution in [0.25, 0.3) is 0 Å². The summed E-state index contributed by atoms with van der Waals surface area (Å²) in [5.41, 5.74) is 4.13. The van der Waals surface area contributed by atoms with Crippen molar-refractivity contribution in [2.75, 3.05) is 7.11 Å². The SMILES string of the molecule is COc1cc(/C=N\n2c(=S)[nH]nc(C)c2=O)ccc1OCc1cc(C)ccc1C. The molecule has 0 radical (unpaired) electrons. The number of methoxy groups -OCH3 is 1. The third-order valence-electron chi connectivity index (χ3n) is 4.41. The second kappa shape index (κ2) is 8.83. The lowest BCUT2D eigenvalue weighted by Crippen LogP contribution is -2.22. The molecule has 8 heteroatoms. The fourth-order valence-electron chi connectivity index (χ4n) is 2.70. The van der Waals surface area contributed by atoms with Gasteiger partial charge in [-0.25, -0.2) is 0 Å². The first-order valence-electron chi connectivity index (χ1n) is 8.98. The Kier molecular flexibility index (Phi) is 6.23. The van der Waals surface area contributed by atoms with Crippen molar-refractivity contribution in [2.45, 2.75) is 27.4 Å². The van der Waals surface area contributed by atoms with Gasteiger partial charge in [-0.3, -0.25) is 9.89 Å². The maximum absolute atomic E-state index is 12.1. The van der Waals surface area contributed by atoms with Gasteiger partial charge in [0.05, 0.1) is 13.3 Å². The van der Waals surface area contributed by atoms with Crippen molar-refractivity contribution < 1.29 is 9.47 Å². The molecule has 1 aromatic heterocycles. The first kappa shape index (κ1) is 20.5. The average molecular weight is 410 g/mol. The van der Waals surface area contributed by atoms with Crippen LogP contribution in [0, 0.1) is 25.5 Å². The van der Waals surface area contributed by atoms with Gasteiger partial charge in [-0.05, 0) is 67.9 Å². The first-order valence-corrected chi connectivity index (χ1v) is 9.39. The summed E-state index contributed by atoms with van der Waals surface area (Å²) < 4.78 is 12.6. The molecule has 3 aromatic rings. The van der Waals surface area contributed by atoms with Crippen LogP contribution in [0.3, 0.4) is 0 Å². The van der Waals surface area contributed by atoms with E-state index in [9.17, 15) is 4.79 Å². The molecule has 150 valence electrons. The lowest BCUT2D eigenvalue weighted by atomic mass is 10.1. The number of hydrogen-bond donors (Lipinski definition) is 1. The van der Waals surface area contributed by atoms with E-state index < -0.39 is 0 Å². The minimum Gasteiger partial charge on any atom is -0.493 e. The van der Waals surface area contributed by atoms with Crippen LogP contribution in [0.5, 0.6) is 11.5 Å². The van der Waals surface area contributed by atoms with Crippen molar-refractivity contribution in [1.29, 1.82) is 0 Å². The molecule has 0 saturated carbocycles. The summed E-state index contributed by atoms with van der Waals surface area (Å²) in [6, 6.07) is 11.7. The van der Waals surface area contributed by atoms with Gasteiger partial charge in [-0.1, -0.05) is 23.8 Å². The number of nitrogens with zero attached hydrogens (tertiary/aromatic N) is 3. The Balaban J connectivity index is 1.82. The van der Waals surface area contributed by atoms with E-state index in [0.717, 1.165) is 15.8 Å². The summed E-state index contributed by atoms with van der Waals surface area (Å²) >= 11 is 5.07. The summed E-state index contributed by atoms with van der Waals surface area (Å²) in [5, 5.41) is 10.6. The predicted molar refractivity (Wildman–Crippen MR) is 115 cm³/mol. The molecule has 2 aromatic carbocycles. The van der Waals surface area contributed by atoms with Crippen molar-refractivity contribution >= 4 is 18.4 Å². The maximum atomic E-state index is 12.1. The highest BCUT2D eigenvalue weighted by atomic mass is 32.1. The Morgan fingerprint density at radius 3 is 2.72 bits per heavy atom. The van der Waals surface area contributed by atoms with Crippen LogP contribution in [-0.4, -0.2) is 28.2 Å². The van der Waals surface area contributed by atoms with Crippen LogP contribution in [0.2, 0.25) is 0 Å². The predicted octanol–water partition coefficient (Wildman–Crippen LogP) is 3.70. The summed E-state index contributed by atoms with van der Waals surface area (Å²) in [6.45, 7) is 6.14. The molecule has 0 unspecified atom stereocenters. The quantitative estimate of drug-likeness (QED) is 0.495. The van der Waals surface area contributed by atoms with E-state index in [2.05, 4.69) is 47.3 Å². The molecule has 1 heterocycles. The van der Waals surface area contributed by atoms with Crippen LogP contribution in [0.15, 0.2) is 46.3 Å². The molecule has 0 spiro atoms. The van der Waals surface area contributed by atoms with E-state index in [1.165, 1.54) is 17.3 Å². The molecule has 0 aliphatic rings. The Hall–Kier alpha value is -3.26. The summed E-state index contributed by atoms with van der Waals surface area (Å²) in [4.78, 5) is 12.1. The van der Waals surface area contributed by atoms with Crippen molar-refractivity contribution in [2.24, 2.45) is 5.10 Å². The van der Waals surface area contributed by atoms with E-state index in [-0.39, 0.29) is 16.0 Å². The Morgan fingerprint density at radius 1 is 1.17 bits per heavy atom. The number of aromatic nitrogens is 3. The molecule has 3 rings (SSSR count). The van der Waals surface area contributed by atoms with Gasteiger partial charge in [0.2, 0.25) is 4.77 Å². The van der Waals surface area contributed by atoms with Gasteiger partial charge < -0.3 is 9.47 Å². The Labute approximate surface area is 173 Å². The smallest absolute Gasteiger partial charge is 0.296 e. The van der Waals surface area contributed by atoms with Gasteiger partial charge in [0.25, 0.3) is 5.56 Å². The monoisotopic (exact) mass is 410 g/mol. The number of rotatable bonds is 6. The summed E-state index contributed by atoms with van der Waals surface area (Å²) in [6.07, 6.45) is 1.53. The Morgan fingerprint density at radius 2 is 1.97 bits per heavy atom. The summed E-state index contributed by atoms with van der Waals surface area (Å²) in [7, 11) is 1.58. The number of hydrogen-bond acceptors (Lipinski definition) is 6. The standard InChI is InChI=1S/C21H22N4O3S/c1-13-5-6-14(2)17(9-13)12-28-18-8-7-16(10-19(18)27-4)11-22-25-20(26)15(3)23-24-21(25)29/h5-11H,12H2,1-4H3,(H,24,29)/b22-11-. The highest BCUT2D eigenvalue weighted by molar-refractivity contribution is 7.71. The molecule has 0 saturated heterocycles. The van der Waals surface area contributed by atoms with E-state index >= 15 is 0 Å². The number of aryl methyl sites for hydroxylation is 3. The second-order valence-electron chi connectivity index (χ2n) is 6.60. The normalized spacial score (nSPS) is 11.0. The number of nitrogens with one attached hydrogen (secondary N) is 1. The van der Waals surface area contributed by atoms with Crippen LogP contribution < -0.4 is 15.0 Å². The lowest BCUT2D eigenvalue weighted by Gasteiger charge is -2.13. The van der Waals surface area contributed by atoms with Crippen LogP contribution >= 0.6 is 12.2 Å². The molecule has 0 fully saturated rings. The number of H-pyrrole nitrogens is 1. The second-order valence-corrected chi connectivity index (χ2v) is 6.99. The molecular weight excluding hydrogens is 388 g/mol. The zero-order valence-corrected chi connectivity index (χ0v) is 17.5. The van der Waals surface area contributed by atoms with Gasteiger partial charge >= 0.3 is 0 Å². The number of benzene rings is 2. The van der Waals surface area contributed by atoms with Crippen LogP contribution in [0.1, 0.15) is 27.9 Å². The molecule has 0 bridgehead atoms. The zero-order chi connectivity index (χ0) is 21.0.